The molecule has 0 aliphatic heterocycles. The van der Waals surface area contributed by atoms with Crippen molar-refractivity contribution >= 4 is 11.5 Å². The third-order valence-electron chi connectivity index (χ3n) is 1.95. The van der Waals surface area contributed by atoms with E-state index in [0.29, 0.717) is 10.9 Å². The topological polar surface area (TPSA) is 35.0 Å². The summed E-state index contributed by atoms with van der Waals surface area (Å²) >= 11 is 6.17. The van der Waals surface area contributed by atoms with Gasteiger partial charge in [0.25, 0.3) is 0 Å². The molecule has 0 radical (unpaired) electrons. The lowest BCUT2D eigenvalue weighted by Gasteiger charge is -2.01. The summed E-state index contributed by atoms with van der Waals surface area (Å²) in [5.74, 6) is 1.62. The van der Waals surface area contributed by atoms with Gasteiger partial charge in [-0.05, 0) is 17.7 Å². The second kappa shape index (κ2) is 4.59. The van der Waals surface area contributed by atoms with Crippen molar-refractivity contribution in [2.24, 2.45) is 0 Å². The van der Waals surface area contributed by atoms with E-state index in [1.165, 1.54) is 11.5 Å². The van der Waals surface area contributed by atoms with Crippen LogP contribution in [0.2, 0.25) is 4.47 Å². The number of hydrogen-bond acceptors (Lipinski definition) is 4. The van der Waals surface area contributed by atoms with Gasteiger partial charge < -0.3 is 4.74 Å². The Morgan fingerprint density at radius 3 is 3.00 bits per heavy atom. The van der Waals surface area contributed by atoms with E-state index in [1.807, 2.05) is 24.3 Å². The number of hydrogen-bond donors (Lipinski definition) is 0. The zero-order valence-corrected chi connectivity index (χ0v) is 9.77. The molecule has 1 heterocycles. The Morgan fingerprint density at radius 2 is 2.33 bits per heavy atom. The highest BCUT2D eigenvalue weighted by Gasteiger charge is 2.07. The lowest BCUT2D eigenvalue weighted by molar-refractivity contribution is -0.288. The molecule has 0 fully saturated rings. The number of ether oxygens (including phenoxy) is 1. The first-order valence-electron chi connectivity index (χ1n) is 4.40. The van der Waals surface area contributed by atoms with Crippen LogP contribution in [0, 0.1) is 11.6 Å². The molecule has 0 spiro atoms. The molecule has 1 aromatic carbocycles. The van der Waals surface area contributed by atoms with Crippen molar-refractivity contribution in [1.82, 2.24) is 9.36 Å². The Bertz CT molecular complexity index is 458. The third kappa shape index (κ3) is 2.67. The monoisotopic (exact) mass is 241 g/mol. The van der Waals surface area contributed by atoms with Crippen LogP contribution in [0.5, 0.6) is 5.75 Å². The third-order valence-corrected chi connectivity index (χ3v) is 2.81. The molecule has 1 aromatic heterocycles. The fourth-order valence-corrected chi connectivity index (χ4v) is 1.93. The SMILES string of the molecule is COc1cccc(Cc2nsc([ClH+])n2)c1. The molecule has 0 bridgehead atoms. The average molecular weight is 242 g/mol. The number of halogens is 1. The summed E-state index contributed by atoms with van der Waals surface area (Å²) in [4.78, 5) is 4.14. The zero-order chi connectivity index (χ0) is 10.7. The molecule has 0 amide bonds. The summed E-state index contributed by atoms with van der Waals surface area (Å²) in [6.07, 6.45) is 0.699. The van der Waals surface area contributed by atoms with Crippen molar-refractivity contribution in [2.75, 3.05) is 7.11 Å². The highest BCUT2D eigenvalue weighted by molar-refractivity contribution is 7.05. The molecule has 0 atom stereocenters. The lowest BCUT2D eigenvalue weighted by Crippen LogP contribution is -1.91. The standard InChI is InChI=1S/C10H10ClN2OS/c1-14-8-4-2-3-7(5-8)6-9-12-10(11)15-13-9/h2-5,11H,6H2,1H3/q+1. The van der Waals surface area contributed by atoms with Crippen molar-refractivity contribution < 1.29 is 16.3 Å². The summed E-state index contributed by atoms with van der Waals surface area (Å²) in [5, 5.41) is 0. The van der Waals surface area contributed by atoms with Crippen LogP contribution < -0.4 is 4.74 Å². The summed E-state index contributed by atoms with van der Waals surface area (Å²) in [6.45, 7) is 0. The first kappa shape index (κ1) is 10.4. The minimum atomic E-state index is 0.591. The van der Waals surface area contributed by atoms with E-state index in [4.69, 9.17) is 16.3 Å². The average Bonchev–Trinajstić information content (AvgIpc) is 2.64. The van der Waals surface area contributed by atoms with E-state index in [0.717, 1.165) is 17.1 Å². The molecule has 0 aliphatic carbocycles. The predicted molar refractivity (Wildman–Crippen MR) is 56.3 cm³/mol. The Balaban J connectivity index is 2.16. The second-order valence-corrected chi connectivity index (χ2v) is 4.40. The van der Waals surface area contributed by atoms with Crippen LogP contribution in [0.1, 0.15) is 11.4 Å². The highest BCUT2D eigenvalue weighted by atomic mass is 35.5. The Kier molecular flexibility index (Phi) is 3.18. The molecule has 5 heteroatoms. The van der Waals surface area contributed by atoms with E-state index in [9.17, 15) is 0 Å². The van der Waals surface area contributed by atoms with Gasteiger partial charge in [0.05, 0.1) is 7.11 Å². The normalized spacial score (nSPS) is 10.3. The van der Waals surface area contributed by atoms with Crippen LogP contribution >= 0.6 is 11.5 Å². The van der Waals surface area contributed by atoms with E-state index in [2.05, 4.69) is 9.36 Å². The van der Waals surface area contributed by atoms with Crippen molar-refractivity contribution in [3.05, 3.63) is 40.1 Å². The number of rotatable bonds is 3. The first-order chi connectivity index (χ1) is 7.28. The van der Waals surface area contributed by atoms with E-state index < -0.39 is 0 Å². The van der Waals surface area contributed by atoms with Crippen LogP contribution in [0.15, 0.2) is 24.3 Å². The number of nitrogens with zero attached hydrogens (tertiary/aromatic N) is 2. The van der Waals surface area contributed by atoms with Crippen molar-refractivity contribution in [3.8, 4) is 5.75 Å². The van der Waals surface area contributed by atoms with Crippen LogP contribution in [0.25, 0.3) is 0 Å². The van der Waals surface area contributed by atoms with Crippen LogP contribution in [-0.2, 0) is 6.42 Å². The molecule has 0 N–H and O–H groups in total. The van der Waals surface area contributed by atoms with Gasteiger partial charge in [-0.15, -0.1) is 0 Å². The van der Waals surface area contributed by atoms with Gasteiger partial charge in [0.15, 0.2) is 17.4 Å². The van der Waals surface area contributed by atoms with Crippen molar-refractivity contribution in [2.45, 2.75) is 6.42 Å². The molecular weight excluding hydrogens is 232 g/mol. The Labute approximate surface area is 96.9 Å². The quantitative estimate of drug-likeness (QED) is 0.823. The van der Waals surface area contributed by atoms with Gasteiger partial charge >= 0.3 is 4.47 Å². The van der Waals surface area contributed by atoms with Gasteiger partial charge in [-0.1, -0.05) is 12.1 Å². The van der Waals surface area contributed by atoms with E-state index in [1.54, 1.807) is 7.11 Å². The van der Waals surface area contributed by atoms with Crippen LogP contribution in [0.4, 0.5) is 0 Å². The molecule has 2 aromatic rings. The molecule has 0 saturated carbocycles. The Hall–Kier alpha value is -1.13. The lowest BCUT2D eigenvalue weighted by atomic mass is 10.1. The van der Waals surface area contributed by atoms with Crippen LogP contribution in [-0.4, -0.2) is 16.5 Å². The molecule has 15 heavy (non-hydrogen) atoms. The smallest absolute Gasteiger partial charge is 0.394 e. The molecule has 2 rings (SSSR count). The zero-order valence-electron chi connectivity index (χ0n) is 8.14. The highest BCUT2D eigenvalue weighted by Crippen LogP contribution is 2.15. The fraction of sp³-hybridized carbons (Fsp3) is 0.200. The molecule has 0 aliphatic rings. The predicted octanol–water partition coefficient (Wildman–Crippen LogP) is 1.83. The maximum absolute atomic E-state index is 5.14. The van der Waals surface area contributed by atoms with Crippen molar-refractivity contribution in [3.63, 3.8) is 0 Å². The van der Waals surface area contributed by atoms with Gasteiger partial charge in [0, 0.05) is 18.0 Å². The molecule has 78 valence electrons. The van der Waals surface area contributed by atoms with Gasteiger partial charge in [-0.3, -0.25) is 0 Å². The Morgan fingerprint density at radius 1 is 1.47 bits per heavy atom. The van der Waals surface area contributed by atoms with E-state index in [-0.39, 0.29) is 0 Å². The maximum Gasteiger partial charge on any atom is 0.394 e. The summed E-state index contributed by atoms with van der Waals surface area (Å²) < 4.78 is 9.88. The number of methoxy groups -OCH3 is 1. The summed E-state index contributed by atoms with van der Waals surface area (Å²) in [6, 6.07) is 7.86. The largest absolute Gasteiger partial charge is 0.497 e. The van der Waals surface area contributed by atoms with Gasteiger partial charge in [0.1, 0.15) is 5.75 Å². The molecule has 3 nitrogen and oxygen atoms in total. The van der Waals surface area contributed by atoms with Gasteiger partial charge in [0.2, 0.25) is 0 Å². The molecule has 0 saturated heterocycles. The number of aromatic nitrogens is 2. The summed E-state index contributed by atoms with van der Waals surface area (Å²) in [5.41, 5.74) is 1.13. The minimum absolute atomic E-state index is 0.591. The van der Waals surface area contributed by atoms with Crippen molar-refractivity contribution in [1.29, 1.82) is 0 Å². The van der Waals surface area contributed by atoms with Crippen LogP contribution in [0.3, 0.4) is 0 Å². The summed E-state index contributed by atoms with van der Waals surface area (Å²) in [7, 11) is 1.65. The van der Waals surface area contributed by atoms with Gasteiger partial charge in [-0.25, -0.2) is 0 Å². The molecule has 0 unspecified atom stereocenters. The first-order valence-corrected chi connectivity index (χ1v) is 5.58. The van der Waals surface area contributed by atoms with E-state index >= 15 is 0 Å². The fourth-order valence-electron chi connectivity index (χ4n) is 1.27. The molecular formula is C10H10ClN2OS+. The minimum Gasteiger partial charge on any atom is -0.497 e. The second-order valence-electron chi connectivity index (χ2n) is 3.00. The maximum atomic E-state index is 5.14. The number of benzene rings is 1. The van der Waals surface area contributed by atoms with Gasteiger partial charge in [-0.2, -0.15) is 9.36 Å².